The van der Waals surface area contributed by atoms with Crippen LogP contribution in [0.2, 0.25) is 0 Å². The van der Waals surface area contributed by atoms with Crippen molar-refractivity contribution in [1.29, 1.82) is 0 Å². The van der Waals surface area contributed by atoms with E-state index in [0.717, 1.165) is 12.8 Å². The molecule has 0 bridgehead atoms. The van der Waals surface area contributed by atoms with Crippen LogP contribution in [0.5, 0.6) is 0 Å². The van der Waals surface area contributed by atoms with Gasteiger partial charge in [0.15, 0.2) is 0 Å². The Bertz CT molecular complexity index is 169. The molecule has 0 spiro atoms. The Kier molecular flexibility index (Phi) is 12.2. The van der Waals surface area contributed by atoms with Gasteiger partial charge in [-0.15, -0.1) is 6.42 Å². The van der Waals surface area contributed by atoms with Crippen molar-refractivity contribution >= 4 is 0 Å². The predicted molar refractivity (Wildman–Crippen MR) is 71.3 cm³/mol. The van der Waals surface area contributed by atoms with Crippen LogP contribution in [-0.2, 0) is 0 Å². The molecule has 0 saturated carbocycles. The third kappa shape index (κ3) is 11.6. The number of hydrogen-bond donors (Lipinski definition) is 1. The van der Waals surface area contributed by atoms with E-state index < -0.39 is 6.10 Å². The fraction of sp³-hybridized carbons (Fsp3) is 0.867. The first-order valence-corrected chi connectivity index (χ1v) is 6.95. The first kappa shape index (κ1) is 15.5. The van der Waals surface area contributed by atoms with Crippen molar-refractivity contribution in [2.75, 3.05) is 0 Å². The molecule has 1 atom stereocenters. The van der Waals surface area contributed by atoms with Gasteiger partial charge in [0.1, 0.15) is 6.10 Å². The van der Waals surface area contributed by atoms with Crippen LogP contribution in [0.1, 0.15) is 77.6 Å². The van der Waals surface area contributed by atoms with E-state index in [1.165, 1.54) is 57.8 Å². The van der Waals surface area contributed by atoms with E-state index in [2.05, 4.69) is 12.8 Å². The monoisotopic (exact) mass is 224 g/mol. The van der Waals surface area contributed by atoms with Crippen LogP contribution in [0.25, 0.3) is 0 Å². The molecular formula is C15H28O. The number of aliphatic hydroxyl groups excluding tert-OH is 1. The van der Waals surface area contributed by atoms with Gasteiger partial charge in [-0.3, -0.25) is 0 Å². The van der Waals surface area contributed by atoms with Gasteiger partial charge in [-0.1, -0.05) is 70.6 Å². The Hall–Kier alpha value is -0.480. The summed E-state index contributed by atoms with van der Waals surface area (Å²) in [6.45, 7) is 2.25. The molecule has 0 aromatic carbocycles. The average Bonchev–Trinajstić information content (AvgIpc) is 2.31. The molecule has 1 heteroatoms. The standard InChI is InChI=1S/C15H28O/c1-3-5-6-7-8-9-10-11-12-13-14-15(16)4-2/h2,15-16H,3,5-14H2,1H3. The van der Waals surface area contributed by atoms with Crippen LogP contribution in [0.4, 0.5) is 0 Å². The first-order chi connectivity index (χ1) is 7.81. The Balaban J connectivity index is 2.96. The minimum Gasteiger partial charge on any atom is -0.380 e. The highest BCUT2D eigenvalue weighted by atomic mass is 16.3. The molecule has 1 N–H and O–H groups in total. The second kappa shape index (κ2) is 12.6. The lowest BCUT2D eigenvalue weighted by Gasteiger charge is -2.03. The van der Waals surface area contributed by atoms with Gasteiger partial charge in [-0.05, 0) is 12.8 Å². The highest BCUT2D eigenvalue weighted by molar-refractivity contribution is 4.92. The average molecular weight is 224 g/mol. The first-order valence-electron chi connectivity index (χ1n) is 6.95. The molecule has 1 nitrogen and oxygen atoms in total. The zero-order chi connectivity index (χ0) is 12.1. The van der Waals surface area contributed by atoms with E-state index >= 15 is 0 Å². The summed E-state index contributed by atoms with van der Waals surface area (Å²) >= 11 is 0. The third-order valence-electron chi connectivity index (χ3n) is 3.02. The van der Waals surface area contributed by atoms with Crippen LogP contribution in [0.15, 0.2) is 0 Å². The number of unbranched alkanes of at least 4 members (excludes halogenated alkanes) is 9. The molecule has 0 rings (SSSR count). The molecule has 0 radical (unpaired) electrons. The number of terminal acetylenes is 1. The van der Waals surface area contributed by atoms with E-state index in [-0.39, 0.29) is 0 Å². The van der Waals surface area contributed by atoms with E-state index in [1.54, 1.807) is 0 Å². The topological polar surface area (TPSA) is 20.2 Å². The molecule has 0 fully saturated rings. The molecular weight excluding hydrogens is 196 g/mol. The Morgan fingerprint density at radius 3 is 1.75 bits per heavy atom. The summed E-state index contributed by atoms with van der Waals surface area (Å²) in [6, 6.07) is 0. The lowest BCUT2D eigenvalue weighted by atomic mass is 10.0. The smallest absolute Gasteiger partial charge is 0.114 e. The van der Waals surface area contributed by atoms with Crippen molar-refractivity contribution in [1.82, 2.24) is 0 Å². The van der Waals surface area contributed by atoms with E-state index in [0.29, 0.717) is 0 Å². The summed E-state index contributed by atoms with van der Waals surface area (Å²) in [5.74, 6) is 2.35. The van der Waals surface area contributed by atoms with Gasteiger partial charge in [0.2, 0.25) is 0 Å². The van der Waals surface area contributed by atoms with Crippen LogP contribution < -0.4 is 0 Å². The number of aliphatic hydroxyl groups is 1. The van der Waals surface area contributed by atoms with Gasteiger partial charge < -0.3 is 5.11 Å². The minimum absolute atomic E-state index is 0.519. The van der Waals surface area contributed by atoms with Gasteiger partial charge >= 0.3 is 0 Å². The zero-order valence-corrected chi connectivity index (χ0v) is 10.9. The molecule has 0 aromatic rings. The molecule has 0 aromatic heterocycles. The molecule has 16 heavy (non-hydrogen) atoms. The molecule has 0 amide bonds. The summed E-state index contributed by atoms with van der Waals surface area (Å²) < 4.78 is 0. The van der Waals surface area contributed by atoms with Crippen molar-refractivity contribution in [3.63, 3.8) is 0 Å². The van der Waals surface area contributed by atoms with Gasteiger partial charge in [0, 0.05) is 0 Å². The van der Waals surface area contributed by atoms with E-state index in [1.807, 2.05) is 0 Å². The highest BCUT2D eigenvalue weighted by Gasteiger charge is 1.97. The van der Waals surface area contributed by atoms with Crippen molar-refractivity contribution < 1.29 is 5.11 Å². The van der Waals surface area contributed by atoms with Gasteiger partial charge in [0.05, 0.1) is 0 Å². The van der Waals surface area contributed by atoms with Gasteiger partial charge in [-0.2, -0.15) is 0 Å². The molecule has 94 valence electrons. The van der Waals surface area contributed by atoms with Crippen LogP contribution in [0.3, 0.4) is 0 Å². The Morgan fingerprint density at radius 2 is 1.31 bits per heavy atom. The molecule has 0 aliphatic rings. The summed E-state index contributed by atoms with van der Waals surface area (Å²) in [5.41, 5.74) is 0. The summed E-state index contributed by atoms with van der Waals surface area (Å²) in [7, 11) is 0. The molecule has 0 aliphatic carbocycles. The highest BCUT2D eigenvalue weighted by Crippen LogP contribution is 2.11. The van der Waals surface area contributed by atoms with Crippen LogP contribution in [0, 0.1) is 12.3 Å². The largest absolute Gasteiger partial charge is 0.380 e. The molecule has 1 unspecified atom stereocenters. The maximum absolute atomic E-state index is 9.14. The SMILES string of the molecule is C#CC(O)CCCCCCCCCCCC. The molecule has 0 saturated heterocycles. The summed E-state index contributed by atoms with van der Waals surface area (Å²) in [6.07, 6.45) is 18.6. The van der Waals surface area contributed by atoms with Crippen LogP contribution >= 0.6 is 0 Å². The lowest BCUT2D eigenvalue weighted by molar-refractivity contribution is 0.217. The zero-order valence-electron chi connectivity index (χ0n) is 10.9. The Morgan fingerprint density at radius 1 is 0.875 bits per heavy atom. The minimum atomic E-state index is -0.519. The van der Waals surface area contributed by atoms with Crippen molar-refractivity contribution in [3.8, 4) is 12.3 Å². The Labute approximate surface area is 102 Å². The molecule has 0 aliphatic heterocycles. The second-order valence-electron chi connectivity index (χ2n) is 4.65. The lowest BCUT2D eigenvalue weighted by Crippen LogP contribution is -2.01. The third-order valence-corrected chi connectivity index (χ3v) is 3.02. The van der Waals surface area contributed by atoms with Gasteiger partial charge in [0.25, 0.3) is 0 Å². The van der Waals surface area contributed by atoms with Crippen molar-refractivity contribution in [3.05, 3.63) is 0 Å². The maximum atomic E-state index is 9.14. The van der Waals surface area contributed by atoms with Crippen molar-refractivity contribution in [2.24, 2.45) is 0 Å². The quantitative estimate of drug-likeness (QED) is 0.410. The maximum Gasteiger partial charge on any atom is 0.114 e. The number of hydrogen-bond acceptors (Lipinski definition) is 1. The number of rotatable bonds is 11. The fourth-order valence-corrected chi connectivity index (χ4v) is 1.91. The summed E-state index contributed by atoms with van der Waals surface area (Å²) in [5, 5.41) is 9.14. The molecule has 0 heterocycles. The van der Waals surface area contributed by atoms with Crippen LogP contribution in [-0.4, -0.2) is 11.2 Å². The fourth-order valence-electron chi connectivity index (χ4n) is 1.91. The van der Waals surface area contributed by atoms with E-state index in [4.69, 9.17) is 11.5 Å². The summed E-state index contributed by atoms with van der Waals surface area (Å²) in [4.78, 5) is 0. The second-order valence-corrected chi connectivity index (χ2v) is 4.65. The normalized spacial score (nSPS) is 12.3. The van der Waals surface area contributed by atoms with Gasteiger partial charge in [-0.25, -0.2) is 0 Å². The van der Waals surface area contributed by atoms with E-state index in [9.17, 15) is 0 Å². The predicted octanol–water partition coefficient (Wildman–Crippen LogP) is 4.29. The van der Waals surface area contributed by atoms with Crippen molar-refractivity contribution in [2.45, 2.75) is 83.7 Å².